The fraction of sp³-hybridized carbons (Fsp3) is 0.481. The van der Waals surface area contributed by atoms with Gasteiger partial charge in [0.1, 0.15) is 5.75 Å². The van der Waals surface area contributed by atoms with Crippen molar-refractivity contribution in [2.24, 2.45) is 5.92 Å². The Morgan fingerprint density at radius 2 is 1.57 bits per heavy atom. The highest BCUT2D eigenvalue weighted by Gasteiger charge is 2.21. The molecule has 0 atom stereocenters. The van der Waals surface area contributed by atoms with Crippen molar-refractivity contribution in [3.63, 3.8) is 0 Å². The Labute approximate surface area is 171 Å². The van der Waals surface area contributed by atoms with Crippen molar-refractivity contribution in [3.05, 3.63) is 65.2 Å². The number of rotatable bonds is 7. The molecule has 0 heterocycles. The van der Waals surface area contributed by atoms with E-state index < -0.39 is 0 Å². The van der Waals surface area contributed by atoms with Crippen LogP contribution in [-0.2, 0) is 6.42 Å². The second-order valence-corrected chi connectivity index (χ2v) is 7.99. The molecule has 0 spiro atoms. The van der Waals surface area contributed by atoms with Crippen LogP contribution in [0.2, 0.25) is 0 Å². The van der Waals surface area contributed by atoms with Crippen molar-refractivity contribution in [2.75, 3.05) is 6.61 Å². The smallest absolute Gasteiger partial charge is 0.119 e. The van der Waals surface area contributed by atoms with Gasteiger partial charge < -0.3 is 4.74 Å². The number of benzene rings is 2. The Kier molecular flexibility index (Phi) is 8.04. The quantitative estimate of drug-likeness (QED) is 0.369. The molecular formula is C27H34O. The molecule has 2 aromatic rings. The number of aryl methyl sites for hydroxylation is 1. The third-order valence-electron chi connectivity index (χ3n) is 5.88. The van der Waals surface area contributed by atoms with Crippen LogP contribution in [0.3, 0.4) is 0 Å². The van der Waals surface area contributed by atoms with Gasteiger partial charge in [0, 0.05) is 11.5 Å². The first-order valence-corrected chi connectivity index (χ1v) is 11.1. The summed E-state index contributed by atoms with van der Waals surface area (Å²) in [5.74, 6) is 9.11. The Morgan fingerprint density at radius 1 is 0.857 bits per heavy atom. The minimum atomic E-state index is 0.538. The molecule has 28 heavy (non-hydrogen) atoms. The van der Waals surface area contributed by atoms with Crippen molar-refractivity contribution >= 4 is 0 Å². The molecule has 0 bridgehead atoms. The first-order valence-electron chi connectivity index (χ1n) is 11.1. The summed E-state index contributed by atoms with van der Waals surface area (Å²) < 4.78 is 5.78. The number of hydrogen-bond acceptors (Lipinski definition) is 1. The first-order chi connectivity index (χ1) is 13.8. The summed E-state index contributed by atoms with van der Waals surface area (Å²) in [5.41, 5.74) is 4.04. The first kappa shape index (κ1) is 20.5. The van der Waals surface area contributed by atoms with Crippen LogP contribution in [-0.4, -0.2) is 6.61 Å². The van der Waals surface area contributed by atoms with Crippen LogP contribution < -0.4 is 4.74 Å². The van der Waals surface area contributed by atoms with Crippen molar-refractivity contribution in [3.8, 4) is 17.6 Å². The topological polar surface area (TPSA) is 9.23 Å². The van der Waals surface area contributed by atoms with Crippen molar-refractivity contribution in [2.45, 2.75) is 71.1 Å². The van der Waals surface area contributed by atoms with Gasteiger partial charge in [-0.1, -0.05) is 62.8 Å². The highest BCUT2D eigenvalue weighted by molar-refractivity contribution is 5.38. The third kappa shape index (κ3) is 6.16. The number of ether oxygens (including phenoxy) is 1. The summed E-state index contributed by atoms with van der Waals surface area (Å²) in [4.78, 5) is 0. The van der Waals surface area contributed by atoms with Crippen molar-refractivity contribution < 1.29 is 4.74 Å². The molecule has 0 aromatic heterocycles. The molecular weight excluding hydrogens is 340 g/mol. The predicted molar refractivity (Wildman–Crippen MR) is 119 cm³/mol. The second-order valence-electron chi connectivity index (χ2n) is 7.99. The van der Waals surface area contributed by atoms with E-state index in [-0.39, 0.29) is 0 Å². The van der Waals surface area contributed by atoms with Gasteiger partial charge in [0.05, 0.1) is 6.61 Å². The molecule has 3 rings (SSSR count). The molecule has 1 aliphatic carbocycles. The van der Waals surface area contributed by atoms with Crippen LogP contribution in [0.15, 0.2) is 48.5 Å². The Bertz CT molecular complexity index is 753. The lowest BCUT2D eigenvalue weighted by Gasteiger charge is -2.26. The van der Waals surface area contributed by atoms with E-state index in [1.165, 1.54) is 49.7 Å². The Hall–Kier alpha value is -2.20. The fourth-order valence-corrected chi connectivity index (χ4v) is 3.96. The Balaban J connectivity index is 1.46. The largest absolute Gasteiger partial charge is 0.494 e. The molecule has 0 amide bonds. The van der Waals surface area contributed by atoms with Gasteiger partial charge in [-0.15, -0.1) is 0 Å². The number of unbranched alkanes of at least 4 members (excludes halogenated alkanes) is 2. The summed E-state index contributed by atoms with van der Waals surface area (Å²) in [6, 6.07) is 17.5. The molecule has 1 saturated carbocycles. The average Bonchev–Trinajstić information content (AvgIpc) is 2.76. The van der Waals surface area contributed by atoms with Crippen LogP contribution >= 0.6 is 0 Å². The van der Waals surface area contributed by atoms with E-state index in [4.69, 9.17) is 4.74 Å². The molecule has 1 nitrogen and oxygen atoms in total. The van der Waals surface area contributed by atoms with E-state index in [9.17, 15) is 0 Å². The normalized spacial score (nSPS) is 18.9. The van der Waals surface area contributed by atoms with Crippen molar-refractivity contribution in [1.29, 1.82) is 0 Å². The van der Waals surface area contributed by atoms with Gasteiger partial charge in [0.25, 0.3) is 0 Å². The lowest BCUT2D eigenvalue weighted by atomic mass is 9.79. The minimum Gasteiger partial charge on any atom is -0.494 e. The van der Waals surface area contributed by atoms with Crippen LogP contribution in [0.25, 0.3) is 0 Å². The van der Waals surface area contributed by atoms with Gasteiger partial charge in [-0.05, 0) is 79.8 Å². The minimum absolute atomic E-state index is 0.538. The molecule has 1 aliphatic rings. The summed E-state index contributed by atoms with van der Waals surface area (Å²) >= 11 is 0. The van der Waals surface area contributed by atoms with Gasteiger partial charge in [-0.3, -0.25) is 0 Å². The highest BCUT2D eigenvalue weighted by atomic mass is 16.5. The molecule has 0 N–H and O–H groups in total. The molecule has 0 saturated heterocycles. The maximum atomic E-state index is 5.78. The van der Waals surface area contributed by atoms with Crippen LogP contribution in [0, 0.1) is 17.8 Å². The fourth-order valence-electron chi connectivity index (χ4n) is 3.96. The zero-order valence-electron chi connectivity index (χ0n) is 17.5. The molecule has 0 unspecified atom stereocenters. The molecule has 1 heteroatoms. The lowest BCUT2D eigenvalue weighted by Crippen LogP contribution is -2.12. The standard InChI is InChI=1S/C27H34O/c1-3-5-6-21-28-27-19-13-24(14-20-27)8-7-23-11-17-26(18-12-23)25-15-9-22(4-2)10-16-25/h9-10,13-16,19-20,23,26H,3-6,11-12,17-18,21H2,1-2H3/t23-,26-. The Morgan fingerprint density at radius 3 is 2.21 bits per heavy atom. The van der Waals surface area contributed by atoms with E-state index in [1.54, 1.807) is 0 Å². The molecule has 0 radical (unpaired) electrons. The lowest BCUT2D eigenvalue weighted by molar-refractivity contribution is 0.306. The predicted octanol–water partition coefficient (Wildman–Crippen LogP) is 7.14. The van der Waals surface area contributed by atoms with Crippen molar-refractivity contribution in [1.82, 2.24) is 0 Å². The van der Waals surface area contributed by atoms with Gasteiger partial charge >= 0.3 is 0 Å². The summed E-state index contributed by atoms with van der Waals surface area (Å²) in [6.45, 7) is 5.24. The zero-order chi connectivity index (χ0) is 19.6. The van der Waals surface area contributed by atoms with E-state index in [0.717, 1.165) is 30.8 Å². The SMILES string of the molecule is CCCCCOc1ccc(C#C[C@H]2CC[C@H](c3ccc(CC)cc3)CC2)cc1. The number of hydrogen-bond donors (Lipinski definition) is 0. The summed E-state index contributed by atoms with van der Waals surface area (Å²) in [6.07, 6.45) is 9.65. The van der Waals surface area contributed by atoms with E-state index in [0.29, 0.717) is 11.8 Å². The zero-order valence-corrected chi connectivity index (χ0v) is 17.5. The average molecular weight is 375 g/mol. The van der Waals surface area contributed by atoms with Gasteiger partial charge in [0.15, 0.2) is 0 Å². The highest BCUT2D eigenvalue weighted by Crippen LogP contribution is 2.35. The summed E-state index contributed by atoms with van der Waals surface area (Å²) in [7, 11) is 0. The maximum absolute atomic E-state index is 5.78. The van der Waals surface area contributed by atoms with E-state index in [2.05, 4.69) is 62.1 Å². The molecule has 0 aliphatic heterocycles. The van der Waals surface area contributed by atoms with Gasteiger partial charge in [0.2, 0.25) is 0 Å². The molecule has 148 valence electrons. The maximum Gasteiger partial charge on any atom is 0.119 e. The van der Waals surface area contributed by atoms with E-state index >= 15 is 0 Å². The van der Waals surface area contributed by atoms with E-state index in [1.807, 2.05) is 12.1 Å². The van der Waals surface area contributed by atoms with Crippen LogP contribution in [0.5, 0.6) is 5.75 Å². The monoisotopic (exact) mass is 374 g/mol. The van der Waals surface area contributed by atoms with Crippen LogP contribution in [0.4, 0.5) is 0 Å². The molecule has 2 aromatic carbocycles. The molecule has 1 fully saturated rings. The van der Waals surface area contributed by atoms with Gasteiger partial charge in [-0.25, -0.2) is 0 Å². The second kappa shape index (κ2) is 11.0. The summed E-state index contributed by atoms with van der Waals surface area (Å²) in [5, 5.41) is 0. The third-order valence-corrected chi connectivity index (χ3v) is 5.88. The van der Waals surface area contributed by atoms with Gasteiger partial charge in [-0.2, -0.15) is 0 Å². The van der Waals surface area contributed by atoms with Crippen LogP contribution in [0.1, 0.15) is 81.4 Å².